The molecule has 0 saturated carbocycles. The molecule has 0 bridgehead atoms. The lowest BCUT2D eigenvalue weighted by Crippen LogP contribution is -2.49. The molecule has 6 nitrogen and oxygen atoms in total. The number of ether oxygens (including phenoxy) is 3. The highest BCUT2D eigenvalue weighted by Crippen LogP contribution is 2.40. The number of carbonyl (C=O) groups excluding carboxylic acids is 1. The molecule has 0 unspecified atom stereocenters. The fourth-order valence-electron chi connectivity index (χ4n) is 4.63. The third-order valence-corrected chi connectivity index (χ3v) is 6.50. The zero-order valence-electron chi connectivity index (χ0n) is 21.1. The maximum absolute atomic E-state index is 13.6. The number of rotatable bonds is 8. The summed E-state index contributed by atoms with van der Waals surface area (Å²) in [5.41, 5.74) is 2.52. The van der Waals surface area contributed by atoms with E-state index in [9.17, 15) is 13.6 Å². The van der Waals surface area contributed by atoms with E-state index >= 15 is 0 Å². The fraction of sp³-hybridized carbons (Fsp3) is 0.276. The second-order valence-corrected chi connectivity index (χ2v) is 8.62. The van der Waals surface area contributed by atoms with Gasteiger partial charge >= 0.3 is 0 Å². The van der Waals surface area contributed by atoms with E-state index in [0.29, 0.717) is 49.0 Å². The lowest BCUT2D eigenvalue weighted by atomic mass is 9.96. The molecule has 0 aromatic heterocycles. The Labute approximate surface area is 215 Å². The van der Waals surface area contributed by atoms with Crippen molar-refractivity contribution < 1.29 is 27.8 Å². The lowest BCUT2D eigenvalue weighted by molar-refractivity contribution is -0.127. The zero-order valence-corrected chi connectivity index (χ0v) is 21.1. The molecule has 1 amide bonds. The minimum absolute atomic E-state index is 0.114. The molecule has 37 heavy (non-hydrogen) atoms. The van der Waals surface area contributed by atoms with Gasteiger partial charge in [-0.05, 0) is 53.6 Å². The second-order valence-electron chi connectivity index (χ2n) is 8.62. The molecule has 194 valence electrons. The topological polar surface area (TPSA) is 51.2 Å². The molecule has 1 heterocycles. The van der Waals surface area contributed by atoms with Crippen molar-refractivity contribution in [2.24, 2.45) is 0 Å². The van der Waals surface area contributed by atoms with E-state index in [1.807, 2.05) is 0 Å². The molecule has 8 heteroatoms. The summed E-state index contributed by atoms with van der Waals surface area (Å²) in [7, 11) is 4.62. The van der Waals surface area contributed by atoms with Gasteiger partial charge in [0.1, 0.15) is 11.6 Å². The summed E-state index contributed by atoms with van der Waals surface area (Å²) in [6.07, 6.45) is 3.23. The number of halogens is 2. The normalized spacial score (nSPS) is 14.3. The number of nitrogens with zero attached hydrogens (tertiary/aromatic N) is 2. The van der Waals surface area contributed by atoms with Crippen LogP contribution in [0.4, 0.5) is 8.78 Å². The molecule has 4 rings (SSSR count). The minimum atomic E-state index is -0.310. The predicted octanol–water partition coefficient (Wildman–Crippen LogP) is 4.94. The Kier molecular flexibility index (Phi) is 8.40. The van der Waals surface area contributed by atoms with Crippen LogP contribution in [0, 0.1) is 11.6 Å². The molecule has 3 aromatic carbocycles. The molecule has 1 saturated heterocycles. The molecule has 0 spiro atoms. The average Bonchev–Trinajstić information content (AvgIpc) is 2.93. The summed E-state index contributed by atoms with van der Waals surface area (Å²) in [5.74, 6) is 0.746. The van der Waals surface area contributed by atoms with E-state index in [0.717, 1.165) is 11.1 Å². The number of amides is 1. The monoisotopic (exact) mass is 508 g/mol. The molecule has 0 atom stereocenters. The number of methoxy groups -OCH3 is 3. The van der Waals surface area contributed by atoms with Crippen LogP contribution >= 0.6 is 0 Å². The summed E-state index contributed by atoms with van der Waals surface area (Å²) in [6, 6.07) is 16.1. The first-order chi connectivity index (χ1) is 17.9. The molecule has 0 radical (unpaired) electrons. The van der Waals surface area contributed by atoms with Gasteiger partial charge in [0.25, 0.3) is 0 Å². The van der Waals surface area contributed by atoms with Crippen molar-refractivity contribution in [2.75, 3.05) is 47.5 Å². The van der Waals surface area contributed by atoms with Gasteiger partial charge in [0.15, 0.2) is 11.5 Å². The average molecular weight is 509 g/mol. The predicted molar refractivity (Wildman–Crippen MR) is 138 cm³/mol. The van der Waals surface area contributed by atoms with Gasteiger partial charge in [-0.3, -0.25) is 9.69 Å². The van der Waals surface area contributed by atoms with Gasteiger partial charge in [-0.15, -0.1) is 0 Å². The first-order valence-electron chi connectivity index (χ1n) is 12.0. The maximum Gasteiger partial charge on any atom is 0.246 e. The molecule has 1 aliphatic rings. The van der Waals surface area contributed by atoms with E-state index in [1.54, 1.807) is 54.5 Å². The van der Waals surface area contributed by atoms with Crippen LogP contribution in [-0.4, -0.2) is 63.2 Å². The molecule has 0 aliphatic carbocycles. The van der Waals surface area contributed by atoms with E-state index in [2.05, 4.69) is 4.90 Å². The highest BCUT2D eigenvalue weighted by atomic mass is 19.1. The Bertz CT molecular complexity index is 1190. The van der Waals surface area contributed by atoms with Gasteiger partial charge in [0, 0.05) is 37.8 Å². The van der Waals surface area contributed by atoms with E-state index in [4.69, 9.17) is 14.2 Å². The van der Waals surface area contributed by atoms with E-state index < -0.39 is 0 Å². The van der Waals surface area contributed by atoms with Crippen LogP contribution in [0.25, 0.3) is 6.08 Å². The fourth-order valence-corrected chi connectivity index (χ4v) is 4.63. The van der Waals surface area contributed by atoms with Gasteiger partial charge in [-0.25, -0.2) is 8.78 Å². The largest absolute Gasteiger partial charge is 0.493 e. The first-order valence-corrected chi connectivity index (χ1v) is 12.0. The highest BCUT2D eigenvalue weighted by Gasteiger charge is 2.28. The van der Waals surface area contributed by atoms with Crippen LogP contribution in [0.5, 0.6) is 17.2 Å². The molecule has 3 aromatic rings. The van der Waals surface area contributed by atoms with Gasteiger partial charge in [-0.2, -0.15) is 0 Å². The molecular weight excluding hydrogens is 478 g/mol. The molecule has 1 fully saturated rings. The lowest BCUT2D eigenvalue weighted by Gasteiger charge is -2.39. The Morgan fingerprint density at radius 1 is 0.757 bits per heavy atom. The van der Waals surface area contributed by atoms with Crippen molar-refractivity contribution in [3.63, 3.8) is 0 Å². The van der Waals surface area contributed by atoms with Crippen LogP contribution in [0.2, 0.25) is 0 Å². The third-order valence-electron chi connectivity index (χ3n) is 6.50. The summed E-state index contributed by atoms with van der Waals surface area (Å²) in [6.45, 7) is 2.26. The molecule has 1 aliphatic heterocycles. The maximum atomic E-state index is 13.6. The van der Waals surface area contributed by atoms with Gasteiger partial charge in [0.05, 0.1) is 27.4 Å². The number of benzene rings is 3. The number of carbonyl (C=O) groups is 1. The van der Waals surface area contributed by atoms with Crippen LogP contribution in [0.1, 0.15) is 22.7 Å². The van der Waals surface area contributed by atoms with Crippen LogP contribution in [-0.2, 0) is 4.79 Å². The van der Waals surface area contributed by atoms with Crippen molar-refractivity contribution >= 4 is 12.0 Å². The standard InChI is InChI=1S/C29H30F2N2O4/c1-35-25-14-8-22(28(36-2)29(25)37-3)9-15-26(34)32-16-18-33(19-17-32)27(20-4-10-23(30)11-5-20)21-6-12-24(31)13-7-21/h4-15,27H,16-19H2,1-3H3/b15-9+. The second kappa shape index (κ2) is 11.9. The SMILES string of the molecule is COc1ccc(/C=C/C(=O)N2CCN(C(c3ccc(F)cc3)c3ccc(F)cc3)CC2)c(OC)c1OC. The van der Waals surface area contributed by atoms with Crippen molar-refractivity contribution in [3.8, 4) is 17.2 Å². The van der Waals surface area contributed by atoms with Crippen LogP contribution in [0.15, 0.2) is 66.7 Å². The quantitative estimate of drug-likeness (QED) is 0.404. The Balaban J connectivity index is 1.48. The van der Waals surface area contributed by atoms with E-state index in [-0.39, 0.29) is 23.6 Å². The summed E-state index contributed by atoms with van der Waals surface area (Å²) >= 11 is 0. The Morgan fingerprint density at radius 3 is 1.78 bits per heavy atom. The molecular formula is C29H30F2N2O4. The van der Waals surface area contributed by atoms with Crippen LogP contribution < -0.4 is 14.2 Å². The van der Waals surface area contributed by atoms with Crippen molar-refractivity contribution in [1.29, 1.82) is 0 Å². The number of hydrogen-bond donors (Lipinski definition) is 0. The van der Waals surface area contributed by atoms with Crippen molar-refractivity contribution in [1.82, 2.24) is 9.80 Å². The first kappa shape index (κ1) is 26.2. The summed E-state index contributed by atoms with van der Waals surface area (Å²) in [5, 5.41) is 0. The minimum Gasteiger partial charge on any atom is -0.493 e. The van der Waals surface area contributed by atoms with E-state index in [1.165, 1.54) is 44.6 Å². The Morgan fingerprint density at radius 2 is 1.30 bits per heavy atom. The highest BCUT2D eigenvalue weighted by molar-refractivity contribution is 5.92. The Hall–Kier alpha value is -3.91. The van der Waals surface area contributed by atoms with Gasteiger partial charge < -0.3 is 19.1 Å². The summed E-state index contributed by atoms with van der Waals surface area (Å²) < 4.78 is 43.4. The smallest absolute Gasteiger partial charge is 0.246 e. The molecule has 0 N–H and O–H groups in total. The van der Waals surface area contributed by atoms with Crippen LogP contribution in [0.3, 0.4) is 0 Å². The zero-order chi connectivity index (χ0) is 26.4. The third kappa shape index (κ3) is 5.91. The summed E-state index contributed by atoms with van der Waals surface area (Å²) in [4.78, 5) is 17.0. The van der Waals surface area contributed by atoms with Crippen molar-refractivity contribution in [2.45, 2.75) is 6.04 Å². The van der Waals surface area contributed by atoms with Gasteiger partial charge in [0.2, 0.25) is 11.7 Å². The van der Waals surface area contributed by atoms with Crippen molar-refractivity contribution in [3.05, 3.63) is 95.1 Å². The number of hydrogen-bond acceptors (Lipinski definition) is 5. The number of piperazine rings is 1. The van der Waals surface area contributed by atoms with Gasteiger partial charge in [-0.1, -0.05) is 24.3 Å².